The van der Waals surface area contributed by atoms with Gasteiger partial charge in [0.1, 0.15) is 11.5 Å². The maximum absolute atomic E-state index is 12.1. The molecule has 0 saturated carbocycles. The normalized spacial score (nSPS) is 25.2. The molecule has 3 heterocycles. The highest BCUT2D eigenvalue weighted by Crippen LogP contribution is 2.38. The second-order valence-electron chi connectivity index (χ2n) is 5.79. The Morgan fingerprint density at radius 3 is 2.96 bits per heavy atom. The Bertz CT molecular complexity index is 822. The van der Waals surface area contributed by atoms with Crippen molar-refractivity contribution in [1.29, 1.82) is 0 Å². The van der Waals surface area contributed by atoms with Crippen molar-refractivity contribution in [2.24, 2.45) is 10.9 Å². The fourth-order valence-corrected chi connectivity index (χ4v) is 2.98. The second kappa shape index (κ2) is 4.81. The molecular weight excluding hydrogens is 294 g/mol. The number of rotatable bonds is 1. The summed E-state index contributed by atoms with van der Waals surface area (Å²) in [6.07, 6.45) is 4.89. The molecule has 0 saturated heterocycles. The summed E-state index contributed by atoms with van der Waals surface area (Å²) in [5, 5.41) is 2.82. The quantitative estimate of drug-likeness (QED) is 0.860. The minimum absolute atomic E-state index is 0.0844. The van der Waals surface area contributed by atoms with E-state index in [2.05, 4.69) is 10.3 Å². The average molecular weight is 309 g/mol. The summed E-state index contributed by atoms with van der Waals surface area (Å²) < 4.78 is 5.67. The molecule has 23 heavy (non-hydrogen) atoms. The highest BCUT2D eigenvalue weighted by atomic mass is 16.5. The lowest BCUT2D eigenvalue weighted by atomic mass is 9.87. The van der Waals surface area contributed by atoms with Crippen LogP contribution in [0.5, 0.6) is 5.75 Å². The van der Waals surface area contributed by atoms with Crippen LogP contribution in [-0.2, 0) is 9.59 Å². The zero-order valence-electron chi connectivity index (χ0n) is 12.7. The molecule has 2 amide bonds. The van der Waals surface area contributed by atoms with Crippen LogP contribution in [0.3, 0.4) is 0 Å². The minimum Gasteiger partial charge on any atom is -0.479 e. The number of allylic oxidation sites excluding steroid dienone is 2. The van der Waals surface area contributed by atoms with Crippen LogP contribution in [0.1, 0.15) is 12.5 Å². The Hall–Kier alpha value is -2.89. The zero-order chi connectivity index (χ0) is 16.1. The van der Waals surface area contributed by atoms with Crippen molar-refractivity contribution in [3.63, 3.8) is 0 Å². The van der Waals surface area contributed by atoms with Gasteiger partial charge in [0, 0.05) is 19.4 Å². The summed E-state index contributed by atoms with van der Waals surface area (Å²) >= 11 is 0. The van der Waals surface area contributed by atoms with Crippen LogP contribution in [0.15, 0.2) is 41.7 Å². The molecule has 0 aliphatic carbocycles. The van der Waals surface area contributed by atoms with Crippen molar-refractivity contribution in [1.82, 2.24) is 4.90 Å². The number of hydrogen-bond acceptors (Lipinski definition) is 4. The van der Waals surface area contributed by atoms with Crippen molar-refractivity contribution in [3.8, 4) is 5.75 Å². The summed E-state index contributed by atoms with van der Waals surface area (Å²) in [6.45, 7) is 1.71. The molecule has 0 bridgehead atoms. The molecule has 1 N–H and O–H groups in total. The summed E-state index contributed by atoms with van der Waals surface area (Å²) in [5.74, 6) is 0.266. The highest BCUT2D eigenvalue weighted by molar-refractivity contribution is 6.44. The molecule has 1 aromatic carbocycles. The first kappa shape index (κ1) is 13.8. The lowest BCUT2D eigenvalue weighted by molar-refractivity contribution is -0.123. The van der Waals surface area contributed by atoms with E-state index in [1.807, 2.05) is 30.5 Å². The van der Waals surface area contributed by atoms with Gasteiger partial charge in [0.2, 0.25) is 0 Å². The first-order valence-electron chi connectivity index (χ1n) is 7.40. The minimum atomic E-state index is -0.522. The van der Waals surface area contributed by atoms with Gasteiger partial charge in [0.05, 0.1) is 11.6 Å². The maximum Gasteiger partial charge on any atom is 0.272 e. The van der Waals surface area contributed by atoms with Crippen LogP contribution in [-0.4, -0.2) is 35.6 Å². The number of aliphatic imine (C=N–C) groups is 1. The Morgan fingerprint density at radius 1 is 1.30 bits per heavy atom. The van der Waals surface area contributed by atoms with Crippen LogP contribution in [0.2, 0.25) is 0 Å². The van der Waals surface area contributed by atoms with Crippen LogP contribution in [0.4, 0.5) is 5.69 Å². The number of anilines is 1. The third-order valence-electron chi connectivity index (χ3n) is 4.24. The molecule has 1 aromatic rings. The predicted molar refractivity (Wildman–Crippen MR) is 86.0 cm³/mol. The van der Waals surface area contributed by atoms with E-state index < -0.39 is 6.10 Å². The SMILES string of the molecule is CC1Oc2cc(C3=CN(C)C(=O)C4=NC=CC34)ccc2NC1=O. The van der Waals surface area contributed by atoms with E-state index in [0.29, 0.717) is 17.1 Å². The van der Waals surface area contributed by atoms with Crippen molar-refractivity contribution >= 4 is 28.8 Å². The van der Waals surface area contributed by atoms with Crippen molar-refractivity contribution in [2.75, 3.05) is 12.4 Å². The lowest BCUT2D eigenvalue weighted by Crippen LogP contribution is -2.37. The van der Waals surface area contributed by atoms with Crippen LogP contribution < -0.4 is 10.1 Å². The van der Waals surface area contributed by atoms with E-state index in [1.165, 1.54) is 0 Å². The van der Waals surface area contributed by atoms with Gasteiger partial charge in [0.25, 0.3) is 11.8 Å². The smallest absolute Gasteiger partial charge is 0.272 e. The summed E-state index contributed by atoms with van der Waals surface area (Å²) in [5.41, 5.74) is 3.12. The van der Waals surface area contributed by atoms with E-state index in [4.69, 9.17) is 4.74 Å². The summed E-state index contributed by atoms with van der Waals surface area (Å²) in [7, 11) is 1.72. The number of amides is 2. The van der Waals surface area contributed by atoms with Crippen molar-refractivity contribution in [3.05, 3.63) is 42.2 Å². The molecule has 2 unspecified atom stereocenters. The van der Waals surface area contributed by atoms with Gasteiger partial charge in [-0.15, -0.1) is 0 Å². The number of carbonyl (C=O) groups is 2. The molecule has 4 rings (SSSR count). The summed E-state index contributed by atoms with van der Waals surface area (Å²) in [6, 6.07) is 5.63. The van der Waals surface area contributed by atoms with Gasteiger partial charge in [0.15, 0.2) is 6.10 Å². The largest absolute Gasteiger partial charge is 0.479 e. The first-order chi connectivity index (χ1) is 11.0. The van der Waals surface area contributed by atoms with Crippen molar-refractivity contribution in [2.45, 2.75) is 13.0 Å². The second-order valence-corrected chi connectivity index (χ2v) is 5.79. The van der Waals surface area contributed by atoms with Gasteiger partial charge in [-0.25, -0.2) is 0 Å². The lowest BCUT2D eigenvalue weighted by Gasteiger charge is -2.28. The molecule has 6 heteroatoms. The molecule has 6 nitrogen and oxygen atoms in total. The molecule has 0 spiro atoms. The van der Waals surface area contributed by atoms with Gasteiger partial charge in [-0.05, 0) is 30.2 Å². The molecular formula is C17H15N3O3. The van der Waals surface area contributed by atoms with E-state index in [1.54, 1.807) is 25.1 Å². The van der Waals surface area contributed by atoms with Crippen LogP contribution >= 0.6 is 0 Å². The number of nitrogens with zero attached hydrogens (tertiary/aromatic N) is 2. The van der Waals surface area contributed by atoms with E-state index in [-0.39, 0.29) is 17.7 Å². The standard InChI is InChI=1S/C17H15N3O3/c1-9-16(21)19-13-4-3-10(7-14(13)23-9)12-8-20(2)17(22)15-11(12)5-6-18-15/h3-9,11H,1-2H3,(H,19,21). The zero-order valence-corrected chi connectivity index (χ0v) is 12.7. The third-order valence-corrected chi connectivity index (χ3v) is 4.24. The third kappa shape index (κ3) is 2.06. The van der Waals surface area contributed by atoms with Crippen LogP contribution in [0, 0.1) is 5.92 Å². The van der Waals surface area contributed by atoms with Gasteiger partial charge in [-0.1, -0.05) is 12.1 Å². The molecule has 0 aromatic heterocycles. The van der Waals surface area contributed by atoms with Gasteiger partial charge >= 0.3 is 0 Å². The average Bonchev–Trinajstić information content (AvgIpc) is 3.01. The maximum atomic E-state index is 12.1. The van der Waals surface area contributed by atoms with Crippen LogP contribution in [0.25, 0.3) is 5.57 Å². The molecule has 3 aliphatic heterocycles. The predicted octanol–water partition coefficient (Wildman–Crippen LogP) is 1.80. The molecule has 0 fully saturated rings. The Morgan fingerprint density at radius 2 is 2.13 bits per heavy atom. The number of nitrogens with one attached hydrogen (secondary N) is 1. The number of hydrogen-bond donors (Lipinski definition) is 1. The Balaban J connectivity index is 1.77. The van der Waals surface area contributed by atoms with E-state index in [9.17, 15) is 9.59 Å². The fraction of sp³-hybridized carbons (Fsp3) is 0.235. The molecule has 3 aliphatic rings. The first-order valence-corrected chi connectivity index (χ1v) is 7.40. The number of carbonyl (C=O) groups excluding carboxylic acids is 2. The van der Waals surface area contributed by atoms with Gasteiger partial charge in [-0.2, -0.15) is 0 Å². The number of benzene rings is 1. The van der Waals surface area contributed by atoms with E-state index >= 15 is 0 Å². The molecule has 2 atom stereocenters. The Labute approximate surface area is 133 Å². The molecule has 0 radical (unpaired) electrons. The van der Waals surface area contributed by atoms with Gasteiger partial charge in [-0.3, -0.25) is 14.6 Å². The topological polar surface area (TPSA) is 71.0 Å². The Kier molecular flexibility index (Phi) is 2.87. The molecule has 116 valence electrons. The van der Waals surface area contributed by atoms with Gasteiger partial charge < -0.3 is 15.0 Å². The summed E-state index contributed by atoms with van der Waals surface area (Å²) in [4.78, 5) is 29.5. The fourth-order valence-electron chi connectivity index (χ4n) is 2.98. The van der Waals surface area contributed by atoms with E-state index in [0.717, 1.165) is 11.1 Å². The number of ether oxygens (including phenoxy) is 1. The number of fused-ring (bicyclic) bond motifs is 2. The highest BCUT2D eigenvalue weighted by Gasteiger charge is 2.34. The monoisotopic (exact) mass is 309 g/mol. The van der Waals surface area contributed by atoms with Crippen molar-refractivity contribution < 1.29 is 14.3 Å².